The first-order valence-corrected chi connectivity index (χ1v) is 5.83. The second kappa shape index (κ2) is 5.46. The van der Waals surface area contributed by atoms with E-state index < -0.39 is 17.4 Å². The lowest BCUT2D eigenvalue weighted by molar-refractivity contribution is -0.144. The van der Waals surface area contributed by atoms with E-state index in [1.807, 2.05) is 0 Å². The summed E-state index contributed by atoms with van der Waals surface area (Å²) < 4.78 is 39.4. The normalized spacial score (nSPS) is 11.6. The van der Waals surface area contributed by atoms with Gasteiger partial charge in [0, 0.05) is 18.8 Å². The fraction of sp³-hybridized carbons (Fsp3) is 0.231. The number of nitrogens with zero attached hydrogens (tertiary/aromatic N) is 2. The molecule has 2 aromatic heterocycles. The van der Waals surface area contributed by atoms with Gasteiger partial charge in [0.15, 0.2) is 0 Å². The number of alkyl halides is 3. The van der Waals surface area contributed by atoms with Crippen LogP contribution in [0.1, 0.15) is 17.0 Å². The molecule has 0 radical (unpaired) electrons. The van der Waals surface area contributed by atoms with Gasteiger partial charge >= 0.3 is 6.18 Å². The largest absolute Gasteiger partial charge is 0.431 e. The Hall–Kier alpha value is -2.15. The maximum absolute atomic E-state index is 12.9. The predicted octanol–water partition coefficient (Wildman–Crippen LogP) is 1.77. The highest BCUT2D eigenvalue weighted by Gasteiger charge is 2.34. The number of hydrogen-bond donors (Lipinski definition) is 1. The predicted molar refractivity (Wildman–Crippen MR) is 66.9 cm³/mol. The molecule has 0 unspecified atom stereocenters. The highest BCUT2D eigenvalue weighted by molar-refractivity contribution is 5.22. The second-order valence-electron chi connectivity index (χ2n) is 4.15. The van der Waals surface area contributed by atoms with Crippen molar-refractivity contribution in [2.45, 2.75) is 19.3 Å². The first-order valence-electron chi connectivity index (χ1n) is 5.83. The van der Waals surface area contributed by atoms with Crippen LogP contribution in [0.15, 0.2) is 41.3 Å². The third-order valence-corrected chi connectivity index (χ3v) is 2.85. The zero-order valence-corrected chi connectivity index (χ0v) is 10.4. The van der Waals surface area contributed by atoms with Gasteiger partial charge < -0.3 is 5.73 Å². The Bertz CT molecular complexity index is 664. The summed E-state index contributed by atoms with van der Waals surface area (Å²) in [5, 5.41) is 0. The zero-order chi connectivity index (χ0) is 14.8. The summed E-state index contributed by atoms with van der Waals surface area (Å²) in [5.41, 5.74) is 4.75. The Labute approximate surface area is 112 Å². The van der Waals surface area contributed by atoms with Crippen molar-refractivity contribution in [3.05, 3.63) is 63.8 Å². The Morgan fingerprint density at radius 2 is 1.95 bits per heavy atom. The van der Waals surface area contributed by atoms with Gasteiger partial charge in [-0.1, -0.05) is 12.1 Å². The van der Waals surface area contributed by atoms with Crippen molar-refractivity contribution in [2.24, 2.45) is 5.73 Å². The van der Waals surface area contributed by atoms with E-state index in [4.69, 9.17) is 5.73 Å². The minimum absolute atomic E-state index is 0.0963. The van der Waals surface area contributed by atoms with Crippen molar-refractivity contribution in [3.63, 3.8) is 0 Å². The maximum atomic E-state index is 12.9. The quantitative estimate of drug-likeness (QED) is 0.933. The molecule has 20 heavy (non-hydrogen) atoms. The van der Waals surface area contributed by atoms with Crippen LogP contribution in [0.25, 0.3) is 0 Å². The molecule has 2 N–H and O–H groups in total. The minimum atomic E-state index is -4.59. The Balaban J connectivity index is 2.51. The van der Waals surface area contributed by atoms with Crippen molar-refractivity contribution < 1.29 is 13.2 Å². The van der Waals surface area contributed by atoms with Crippen LogP contribution in [0, 0.1) is 0 Å². The molecule has 0 aromatic carbocycles. The third kappa shape index (κ3) is 2.88. The van der Waals surface area contributed by atoms with Crippen molar-refractivity contribution in [2.75, 3.05) is 0 Å². The molecular weight excluding hydrogens is 271 g/mol. The molecule has 0 aliphatic carbocycles. The van der Waals surface area contributed by atoms with E-state index in [1.165, 1.54) is 6.20 Å². The smallest absolute Gasteiger partial charge is 0.325 e. The van der Waals surface area contributed by atoms with Gasteiger partial charge in [0.25, 0.3) is 5.56 Å². The third-order valence-electron chi connectivity index (χ3n) is 2.85. The Morgan fingerprint density at radius 1 is 1.20 bits per heavy atom. The van der Waals surface area contributed by atoms with E-state index >= 15 is 0 Å². The SMILES string of the molecule is NCc1ncccc1Cn1c(C(F)(F)F)cccc1=O. The number of rotatable bonds is 3. The minimum Gasteiger partial charge on any atom is -0.325 e. The molecule has 0 aliphatic rings. The van der Waals surface area contributed by atoms with Gasteiger partial charge in [-0.05, 0) is 17.7 Å². The zero-order valence-electron chi connectivity index (χ0n) is 10.4. The summed E-state index contributed by atoms with van der Waals surface area (Å²) in [6.45, 7) is -0.117. The number of hydrogen-bond acceptors (Lipinski definition) is 3. The van der Waals surface area contributed by atoms with E-state index in [0.717, 1.165) is 18.2 Å². The van der Waals surface area contributed by atoms with Gasteiger partial charge in [0.1, 0.15) is 5.69 Å². The van der Waals surface area contributed by atoms with Crippen LogP contribution >= 0.6 is 0 Å². The maximum Gasteiger partial charge on any atom is 0.431 e. The number of aromatic nitrogens is 2. The van der Waals surface area contributed by atoms with Gasteiger partial charge in [-0.2, -0.15) is 13.2 Å². The van der Waals surface area contributed by atoms with Crippen LogP contribution in [-0.2, 0) is 19.3 Å². The van der Waals surface area contributed by atoms with E-state index in [1.54, 1.807) is 12.1 Å². The molecule has 7 heteroatoms. The van der Waals surface area contributed by atoms with Crippen LogP contribution in [0.5, 0.6) is 0 Å². The summed E-state index contributed by atoms with van der Waals surface area (Å²) in [7, 11) is 0. The second-order valence-corrected chi connectivity index (χ2v) is 4.15. The first-order chi connectivity index (χ1) is 9.43. The monoisotopic (exact) mass is 283 g/mol. The molecule has 0 spiro atoms. The average Bonchev–Trinajstić information content (AvgIpc) is 2.40. The summed E-state index contributed by atoms with van der Waals surface area (Å²) in [4.78, 5) is 15.7. The molecule has 2 aromatic rings. The lowest BCUT2D eigenvalue weighted by atomic mass is 10.2. The van der Waals surface area contributed by atoms with Gasteiger partial charge in [0.2, 0.25) is 0 Å². The summed E-state index contributed by atoms with van der Waals surface area (Å²) in [6.07, 6.45) is -3.09. The fourth-order valence-corrected chi connectivity index (χ4v) is 1.90. The van der Waals surface area contributed by atoms with E-state index in [2.05, 4.69) is 4.98 Å². The summed E-state index contributed by atoms with van der Waals surface area (Å²) in [5.74, 6) is 0. The highest BCUT2D eigenvalue weighted by Crippen LogP contribution is 2.28. The molecule has 0 bridgehead atoms. The molecule has 0 saturated carbocycles. The summed E-state index contributed by atoms with van der Waals surface area (Å²) >= 11 is 0. The van der Waals surface area contributed by atoms with E-state index in [-0.39, 0.29) is 13.1 Å². The van der Waals surface area contributed by atoms with Crippen molar-refractivity contribution in [1.82, 2.24) is 9.55 Å². The topological polar surface area (TPSA) is 60.9 Å². The molecule has 0 amide bonds. The van der Waals surface area contributed by atoms with Crippen LogP contribution in [0.3, 0.4) is 0 Å². The first kappa shape index (κ1) is 14.3. The van der Waals surface area contributed by atoms with Gasteiger partial charge in [-0.25, -0.2) is 0 Å². The molecule has 4 nitrogen and oxygen atoms in total. The average molecular weight is 283 g/mol. The molecule has 0 atom stereocenters. The van der Waals surface area contributed by atoms with Gasteiger partial charge in [-0.15, -0.1) is 0 Å². The number of nitrogens with two attached hydrogens (primary N) is 1. The fourth-order valence-electron chi connectivity index (χ4n) is 1.90. The Morgan fingerprint density at radius 3 is 2.60 bits per heavy atom. The van der Waals surface area contributed by atoms with Crippen LogP contribution < -0.4 is 11.3 Å². The lowest BCUT2D eigenvalue weighted by Crippen LogP contribution is -2.28. The van der Waals surface area contributed by atoms with Gasteiger partial charge in [-0.3, -0.25) is 14.3 Å². The standard InChI is InChI=1S/C13H12F3N3O/c14-13(15,16)11-4-1-5-12(20)19(11)8-9-3-2-6-18-10(9)7-17/h1-6H,7-8,17H2. The molecule has 0 saturated heterocycles. The molecule has 0 aliphatic heterocycles. The van der Waals surface area contributed by atoms with Crippen LogP contribution in [0.2, 0.25) is 0 Å². The molecular formula is C13H12F3N3O. The molecule has 106 valence electrons. The molecule has 2 heterocycles. The number of halogens is 3. The number of pyridine rings is 2. The summed E-state index contributed by atoms with van der Waals surface area (Å²) in [6, 6.07) is 6.26. The van der Waals surface area contributed by atoms with E-state index in [0.29, 0.717) is 15.8 Å². The highest BCUT2D eigenvalue weighted by atomic mass is 19.4. The molecule has 2 rings (SSSR count). The van der Waals surface area contributed by atoms with Crippen molar-refractivity contribution in [1.29, 1.82) is 0 Å². The Kier molecular flexibility index (Phi) is 3.89. The van der Waals surface area contributed by atoms with Crippen molar-refractivity contribution in [3.8, 4) is 0 Å². The lowest BCUT2D eigenvalue weighted by Gasteiger charge is -2.16. The van der Waals surface area contributed by atoms with Crippen LogP contribution in [-0.4, -0.2) is 9.55 Å². The van der Waals surface area contributed by atoms with Gasteiger partial charge in [0.05, 0.1) is 12.2 Å². The van der Waals surface area contributed by atoms with Crippen LogP contribution in [0.4, 0.5) is 13.2 Å². The van der Waals surface area contributed by atoms with E-state index in [9.17, 15) is 18.0 Å². The molecule has 0 fully saturated rings. The van der Waals surface area contributed by atoms with Crippen molar-refractivity contribution >= 4 is 0 Å².